The molecule has 5 nitrogen and oxygen atoms in total. The number of nitrogens with zero attached hydrogens (tertiary/aromatic N) is 1. The number of halogens is 1. The van der Waals surface area contributed by atoms with Crippen LogP contribution in [0.15, 0.2) is 23.1 Å². The van der Waals surface area contributed by atoms with Gasteiger partial charge in [0.05, 0.1) is 12.0 Å². The topological polar surface area (TPSA) is 63.7 Å². The monoisotopic (exact) mass is 331 g/mol. The lowest BCUT2D eigenvalue weighted by Gasteiger charge is -2.33. The molecular formula is C14H18ClNO4S. The van der Waals surface area contributed by atoms with Crippen LogP contribution in [0.1, 0.15) is 24.8 Å². The summed E-state index contributed by atoms with van der Waals surface area (Å²) in [5, 5.41) is 0.481. The Labute approximate surface area is 129 Å². The molecule has 0 N–H and O–H groups in total. The molecule has 116 valence electrons. The fourth-order valence-corrected chi connectivity index (χ4v) is 4.67. The van der Waals surface area contributed by atoms with Gasteiger partial charge >= 0.3 is 5.97 Å². The second-order valence-electron chi connectivity index (χ2n) is 5.06. The summed E-state index contributed by atoms with van der Waals surface area (Å²) in [6.45, 7) is 2.01. The summed E-state index contributed by atoms with van der Waals surface area (Å²) in [6, 6.07) is 3.88. The minimum atomic E-state index is -3.74. The fraction of sp³-hybridized carbons (Fsp3) is 0.500. The number of carbonyl (C=O) groups is 1. The third-order valence-electron chi connectivity index (χ3n) is 3.65. The van der Waals surface area contributed by atoms with Crippen LogP contribution in [0.5, 0.6) is 0 Å². The van der Waals surface area contributed by atoms with Crippen molar-refractivity contribution in [3.63, 3.8) is 0 Å². The Morgan fingerprint density at radius 3 is 2.71 bits per heavy atom. The summed E-state index contributed by atoms with van der Waals surface area (Å²) >= 11 is 5.87. The zero-order chi connectivity index (χ0) is 15.6. The predicted molar refractivity (Wildman–Crippen MR) is 79.7 cm³/mol. The van der Waals surface area contributed by atoms with Gasteiger partial charge in [-0.05, 0) is 49.9 Å². The number of hydrogen-bond acceptors (Lipinski definition) is 4. The first-order valence-corrected chi connectivity index (χ1v) is 8.55. The lowest BCUT2D eigenvalue weighted by atomic mass is 10.1. The summed E-state index contributed by atoms with van der Waals surface area (Å²) in [4.78, 5) is 12.0. The van der Waals surface area contributed by atoms with E-state index in [0.717, 1.165) is 12.8 Å². The van der Waals surface area contributed by atoms with E-state index in [1.54, 1.807) is 19.1 Å². The number of hydrogen-bond donors (Lipinski definition) is 0. The Hall–Kier alpha value is -1.11. The Morgan fingerprint density at radius 1 is 1.38 bits per heavy atom. The second kappa shape index (κ2) is 6.34. The molecule has 0 amide bonds. The molecule has 0 unspecified atom stereocenters. The molecular weight excluding hydrogens is 314 g/mol. The van der Waals surface area contributed by atoms with Crippen molar-refractivity contribution >= 4 is 27.6 Å². The molecule has 1 aromatic carbocycles. The highest BCUT2D eigenvalue weighted by atomic mass is 35.5. The molecule has 1 heterocycles. The van der Waals surface area contributed by atoms with E-state index < -0.39 is 22.0 Å². The van der Waals surface area contributed by atoms with Gasteiger partial charge in [-0.25, -0.2) is 8.42 Å². The highest BCUT2D eigenvalue weighted by Crippen LogP contribution is 2.28. The molecule has 7 heteroatoms. The Kier molecular flexibility index (Phi) is 4.91. The zero-order valence-electron chi connectivity index (χ0n) is 12.0. The van der Waals surface area contributed by atoms with Crippen molar-refractivity contribution in [3.8, 4) is 0 Å². The highest BCUT2D eigenvalue weighted by Gasteiger charge is 2.38. The molecule has 0 saturated carbocycles. The maximum Gasteiger partial charge on any atom is 0.324 e. The molecule has 1 aliphatic rings. The summed E-state index contributed by atoms with van der Waals surface area (Å²) in [6.07, 6.45) is 2.03. The van der Waals surface area contributed by atoms with Gasteiger partial charge in [-0.1, -0.05) is 11.6 Å². The van der Waals surface area contributed by atoms with Gasteiger partial charge in [0, 0.05) is 11.6 Å². The lowest BCUT2D eigenvalue weighted by Crippen LogP contribution is -2.48. The zero-order valence-corrected chi connectivity index (χ0v) is 13.6. The summed E-state index contributed by atoms with van der Waals surface area (Å²) in [5.41, 5.74) is 0.566. The van der Waals surface area contributed by atoms with Gasteiger partial charge < -0.3 is 4.74 Å². The van der Waals surface area contributed by atoms with Gasteiger partial charge in [-0.2, -0.15) is 4.31 Å². The van der Waals surface area contributed by atoms with Crippen molar-refractivity contribution in [1.82, 2.24) is 4.31 Å². The van der Waals surface area contributed by atoms with Gasteiger partial charge in [0.25, 0.3) is 0 Å². The van der Waals surface area contributed by atoms with E-state index in [4.69, 9.17) is 16.3 Å². The van der Waals surface area contributed by atoms with E-state index >= 15 is 0 Å². The Morgan fingerprint density at radius 2 is 2.10 bits per heavy atom. The lowest BCUT2D eigenvalue weighted by molar-refractivity contribution is -0.146. The first-order valence-electron chi connectivity index (χ1n) is 6.73. The van der Waals surface area contributed by atoms with Gasteiger partial charge in [0.2, 0.25) is 10.0 Å². The molecule has 0 radical (unpaired) electrons. The number of piperidine rings is 1. The Bertz CT molecular complexity index is 644. The van der Waals surface area contributed by atoms with Crippen LogP contribution in [0.2, 0.25) is 5.02 Å². The van der Waals surface area contributed by atoms with Crippen molar-refractivity contribution in [1.29, 1.82) is 0 Å². The molecule has 2 rings (SSSR count). The second-order valence-corrected chi connectivity index (χ2v) is 7.36. The molecule has 1 atom stereocenters. The molecule has 0 spiro atoms. The summed E-state index contributed by atoms with van der Waals surface area (Å²) in [5.74, 6) is -0.509. The molecule has 1 fully saturated rings. The van der Waals surface area contributed by atoms with E-state index in [1.165, 1.54) is 17.5 Å². The van der Waals surface area contributed by atoms with E-state index in [0.29, 0.717) is 23.6 Å². The highest BCUT2D eigenvalue weighted by molar-refractivity contribution is 7.89. The third-order valence-corrected chi connectivity index (χ3v) is 5.95. The van der Waals surface area contributed by atoms with E-state index in [2.05, 4.69) is 0 Å². The van der Waals surface area contributed by atoms with Crippen LogP contribution in [0.3, 0.4) is 0 Å². The maximum atomic E-state index is 12.8. The number of esters is 1. The number of aryl methyl sites for hydroxylation is 1. The quantitative estimate of drug-likeness (QED) is 0.798. The number of sulfonamides is 1. The summed E-state index contributed by atoms with van der Waals surface area (Å²) in [7, 11) is -2.47. The SMILES string of the molecule is COC(=O)[C@H]1CCCCN1S(=O)(=O)c1ccc(Cl)cc1C. The molecule has 1 saturated heterocycles. The minimum absolute atomic E-state index is 0.183. The maximum absolute atomic E-state index is 12.8. The van der Waals surface area contributed by atoms with Crippen LogP contribution < -0.4 is 0 Å². The van der Waals surface area contributed by atoms with Crippen molar-refractivity contribution in [2.75, 3.05) is 13.7 Å². The molecule has 0 bridgehead atoms. The fourth-order valence-electron chi connectivity index (χ4n) is 2.59. The van der Waals surface area contributed by atoms with E-state index in [1.807, 2.05) is 0 Å². The predicted octanol–water partition coefficient (Wildman–Crippen LogP) is 2.36. The van der Waals surface area contributed by atoms with Crippen molar-refractivity contribution < 1.29 is 17.9 Å². The molecule has 21 heavy (non-hydrogen) atoms. The molecule has 0 aliphatic carbocycles. The number of ether oxygens (including phenoxy) is 1. The van der Waals surface area contributed by atoms with E-state index in [9.17, 15) is 13.2 Å². The molecule has 1 aromatic rings. The largest absolute Gasteiger partial charge is 0.468 e. The number of benzene rings is 1. The van der Waals surface area contributed by atoms with Crippen LogP contribution in [-0.2, 0) is 19.6 Å². The first kappa shape index (κ1) is 16.3. The third kappa shape index (κ3) is 3.22. The van der Waals surface area contributed by atoms with Crippen LogP contribution in [0, 0.1) is 6.92 Å². The average Bonchev–Trinajstić information content (AvgIpc) is 2.46. The average molecular weight is 332 g/mol. The smallest absolute Gasteiger partial charge is 0.324 e. The molecule has 0 aromatic heterocycles. The van der Waals surface area contributed by atoms with Crippen LogP contribution in [0.4, 0.5) is 0 Å². The van der Waals surface area contributed by atoms with Gasteiger partial charge in [0.15, 0.2) is 0 Å². The van der Waals surface area contributed by atoms with Crippen LogP contribution in [0.25, 0.3) is 0 Å². The van der Waals surface area contributed by atoms with Gasteiger partial charge in [-0.3, -0.25) is 4.79 Å². The molecule has 1 aliphatic heterocycles. The van der Waals surface area contributed by atoms with E-state index in [-0.39, 0.29) is 4.90 Å². The first-order chi connectivity index (χ1) is 9.87. The number of carbonyl (C=O) groups excluding carboxylic acids is 1. The van der Waals surface area contributed by atoms with Gasteiger partial charge in [0.1, 0.15) is 6.04 Å². The number of methoxy groups -OCH3 is 1. The van der Waals surface area contributed by atoms with Gasteiger partial charge in [-0.15, -0.1) is 0 Å². The van der Waals surface area contributed by atoms with Crippen molar-refractivity contribution in [3.05, 3.63) is 28.8 Å². The minimum Gasteiger partial charge on any atom is -0.468 e. The van der Waals surface area contributed by atoms with Crippen LogP contribution in [-0.4, -0.2) is 38.4 Å². The van der Waals surface area contributed by atoms with Crippen molar-refractivity contribution in [2.24, 2.45) is 0 Å². The normalized spacial score (nSPS) is 20.2. The Balaban J connectivity index is 2.43. The standard InChI is InChI=1S/C14H18ClNO4S/c1-10-9-11(15)6-7-13(10)21(18,19)16-8-4-3-5-12(16)14(17)20-2/h6-7,9,12H,3-5,8H2,1-2H3/t12-/m1/s1. The van der Waals surface area contributed by atoms with Crippen LogP contribution >= 0.6 is 11.6 Å². The van der Waals surface area contributed by atoms with Crippen molar-refractivity contribution in [2.45, 2.75) is 37.1 Å². The number of rotatable bonds is 3. The summed E-state index contributed by atoms with van der Waals surface area (Å²) < 4.78 is 31.6.